The van der Waals surface area contributed by atoms with Crippen LogP contribution in [0.5, 0.6) is 0 Å². The summed E-state index contributed by atoms with van der Waals surface area (Å²) in [5.41, 5.74) is 1.29. The number of hydrogen-bond acceptors (Lipinski definition) is 3. The highest BCUT2D eigenvalue weighted by molar-refractivity contribution is 8.10. The Morgan fingerprint density at radius 2 is 1.63 bits per heavy atom. The predicted molar refractivity (Wildman–Crippen MR) is 86.1 cm³/mol. The summed E-state index contributed by atoms with van der Waals surface area (Å²) in [4.78, 5) is 2.61. The van der Waals surface area contributed by atoms with Gasteiger partial charge in [-0.1, -0.05) is 60.3 Å². The van der Waals surface area contributed by atoms with Crippen molar-refractivity contribution in [3.8, 4) is 0 Å². The summed E-state index contributed by atoms with van der Waals surface area (Å²) >= 11 is 3.75. The first-order chi connectivity index (χ1) is 9.43. The van der Waals surface area contributed by atoms with Crippen molar-refractivity contribution in [1.29, 1.82) is 0 Å². The molecule has 2 aromatic rings. The Bertz CT molecular complexity index is 556. The second-order valence-corrected chi connectivity index (χ2v) is 6.40. The van der Waals surface area contributed by atoms with Crippen LogP contribution >= 0.6 is 23.5 Å². The first kappa shape index (κ1) is 12.7. The molecule has 1 N–H and O–H groups in total. The van der Waals surface area contributed by atoms with E-state index in [1.165, 1.54) is 20.4 Å². The standard InChI is InChI=1S/C16H15NS2/c1-3-7-13(8-4-1)15(16-17-11-12-18-16)19-14-9-5-2-6-10-14/h1-10,17H,11-12H2/b16-15+. The van der Waals surface area contributed by atoms with E-state index < -0.39 is 0 Å². The van der Waals surface area contributed by atoms with Crippen molar-refractivity contribution in [2.75, 3.05) is 12.3 Å². The van der Waals surface area contributed by atoms with Crippen LogP contribution in [0.15, 0.2) is 70.6 Å². The van der Waals surface area contributed by atoms with Crippen molar-refractivity contribution in [2.45, 2.75) is 4.90 Å². The zero-order valence-electron chi connectivity index (χ0n) is 10.5. The van der Waals surface area contributed by atoms with E-state index >= 15 is 0 Å². The van der Waals surface area contributed by atoms with E-state index in [1.54, 1.807) is 0 Å². The van der Waals surface area contributed by atoms with Gasteiger partial charge in [-0.05, 0) is 17.7 Å². The SMILES string of the molecule is c1ccc(S/C(=C2\NCCS2)c2ccccc2)cc1. The Kier molecular flexibility index (Phi) is 4.16. The number of rotatable bonds is 3. The van der Waals surface area contributed by atoms with Gasteiger partial charge in [0.15, 0.2) is 0 Å². The summed E-state index contributed by atoms with van der Waals surface area (Å²) in [6.45, 7) is 1.06. The maximum Gasteiger partial charge on any atom is 0.0830 e. The molecule has 1 aliphatic heterocycles. The first-order valence-electron chi connectivity index (χ1n) is 6.33. The summed E-state index contributed by atoms with van der Waals surface area (Å²) in [6.07, 6.45) is 0. The Morgan fingerprint density at radius 3 is 2.26 bits per heavy atom. The quantitative estimate of drug-likeness (QED) is 0.837. The van der Waals surface area contributed by atoms with Gasteiger partial charge in [0.2, 0.25) is 0 Å². The number of nitrogens with one attached hydrogen (secondary N) is 1. The smallest absolute Gasteiger partial charge is 0.0830 e. The molecule has 1 aliphatic rings. The summed E-state index contributed by atoms with van der Waals surface area (Å²) in [6, 6.07) is 21.2. The van der Waals surface area contributed by atoms with Crippen molar-refractivity contribution >= 4 is 28.4 Å². The van der Waals surface area contributed by atoms with Gasteiger partial charge in [0.05, 0.1) is 5.03 Å². The fraction of sp³-hybridized carbons (Fsp3) is 0.125. The van der Waals surface area contributed by atoms with Crippen molar-refractivity contribution in [1.82, 2.24) is 5.32 Å². The lowest BCUT2D eigenvalue weighted by molar-refractivity contribution is 0.951. The zero-order chi connectivity index (χ0) is 12.9. The van der Waals surface area contributed by atoms with Crippen molar-refractivity contribution in [3.63, 3.8) is 0 Å². The molecule has 1 heterocycles. The second kappa shape index (κ2) is 6.22. The lowest BCUT2D eigenvalue weighted by atomic mass is 10.2. The van der Waals surface area contributed by atoms with Crippen LogP contribution < -0.4 is 5.32 Å². The molecule has 1 fully saturated rings. The van der Waals surface area contributed by atoms with Gasteiger partial charge < -0.3 is 5.32 Å². The summed E-state index contributed by atoms with van der Waals surface area (Å²) in [5, 5.41) is 4.80. The molecule has 2 aromatic carbocycles. The number of hydrogen-bond donors (Lipinski definition) is 1. The maximum atomic E-state index is 3.50. The van der Waals surface area contributed by atoms with Gasteiger partial charge in [0.25, 0.3) is 0 Å². The van der Waals surface area contributed by atoms with Gasteiger partial charge >= 0.3 is 0 Å². The van der Waals surface area contributed by atoms with Gasteiger partial charge in [0.1, 0.15) is 0 Å². The molecule has 19 heavy (non-hydrogen) atoms. The molecular formula is C16H15NS2. The van der Waals surface area contributed by atoms with E-state index in [9.17, 15) is 0 Å². The van der Waals surface area contributed by atoms with Gasteiger partial charge in [-0.3, -0.25) is 0 Å². The lowest BCUT2D eigenvalue weighted by Gasteiger charge is -2.11. The van der Waals surface area contributed by atoms with E-state index in [4.69, 9.17) is 0 Å². The number of thioether (sulfide) groups is 2. The Morgan fingerprint density at radius 1 is 0.947 bits per heavy atom. The largest absolute Gasteiger partial charge is 0.378 e. The molecule has 0 unspecified atom stereocenters. The van der Waals surface area contributed by atoms with Gasteiger partial charge in [-0.25, -0.2) is 0 Å². The second-order valence-electron chi connectivity index (χ2n) is 4.21. The minimum atomic E-state index is 1.06. The molecule has 3 heteroatoms. The molecule has 0 radical (unpaired) electrons. The molecule has 0 aromatic heterocycles. The average molecular weight is 285 g/mol. The molecule has 0 aliphatic carbocycles. The van der Waals surface area contributed by atoms with Crippen LogP contribution in [-0.4, -0.2) is 12.3 Å². The van der Waals surface area contributed by atoms with E-state index in [-0.39, 0.29) is 0 Å². The van der Waals surface area contributed by atoms with E-state index in [1.807, 2.05) is 23.5 Å². The van der Waals surface area contributed by atoms with Crippen LogP contribution in [0.2, 0.25) is 0 Å². The fourth-order valence-electron chi connectivity index (χ4n) is 1.95. The average Bonchev–Trinajstić information content (AvgIpc) is 3.01. The predicted octanol–water partition coefficient (Wildman–Crippen LogP) is 4.44. The monoisotopic (exact) mass is 285 g/mol. The third kappa shape index (κ3) is 3.17. The fourth-order valence-corrected chi connectivity index (χ4v) is 4.06. The molecule has 0 atom stereocenters. The molecule has 1 saturated heterocycles. The minimum absolute atomic E-state index is 1.06. The van der Waals surface area contributed by atoms with Crippen LogP contribution in [0, 0.1) is 0 Å². The van der Waals surface area contributed by atoms with Crippen LogP contribution in [0.3, 0.4) is 0 Å². The summed E-state index contributed by atoms with van der Waals surface area (Å²) in [7, 11) is 0. The van der Waals surface area contributed by atoms with Gasteiger partial charge in [0, 0.05) is 22.1 Å². The topological polar surface area (TPSA) is 12.0 Å². The Hall–Kier alpha value is -1.32. The Labute approximate surface area is 122 Å². The molecule has 0 saturated carbocycles. The highest BCUT2D eigenvalue weighted by atomic mass is 32.2. The van der Waals surface area contributed by atoms with Crippen LogP contribution in [0.1, 0.15) is 5.56 Å². The summed E-state index contributed by atoms with van der Waals surface area (Å²) in [5.74, 6) is 1.15. The highest BCUT2D eigenvalue weighted by Gasteiger charge is 2.15. The number of benzene rings is 2. The third-order valence-corrected chi connectivity index (χ3v) is 5.17. The van der Waals surface area contributed by atoms with E-state index in [0.717, 1.165) is 12.3 Å². The third-order valence-electron chi connectivity index (χ3n) is 2.84. The molecule has 96 valence electrons. The lowest BCUT2D eigenvalue weighted by Crippen LogP contribution is -2.05. The normalized spacial score (nSPS) is 17.1. The van der Waals surface area contributed by atoms with E-state index in [2.05, 4.69) is 66.0 Å². The Balaban J connectivity index is 1.96. The molecule has 1 nitrogen and oxygen atoms in total. The van der Waals surface area contributed by atoms with E-state index in [0.29, 0.717) is 0 Å². The molecule has 0 bridgehead atoms. The maximum absolute atomic E-state index is 3.50. The summed E-state index contributed by atoms with van der Waals surface area (Å²) < 4.78 is 0. The highest BCUT2D eigenvalue weighted by Crippen LogP contribution is 2.40. The van der Waals surface area contributed by atoms with Crippen molar-refractivity contribution in [3.05, 3.63) is 71.3 Å². The van der Waals surface area contributed by atoms with Crippen molar-refractivity contribution in [2.24, 2.45) is 0 Å². The first-order valence-corrected chi connectivity index (χ1v) is 8.13. The zero-order valence-corrected chi connectivity index (χ0v) is 12.1. The molecule has 3 rings (SSSR count). The van der Waals surface area contributed by atoms with Crippen LogP contribution in [0.25, 0.3) is 4.91 Å². The van der Waals surface area contributed by atoms with Gasteiger partial charge in [-0.2, -0.15) is 0 Å². The van der Waals surface area contributed by atoms with Crippen LogP contribution in [-0.2, 0) is 0 Å². The minimum Gasteiger partial charge on any atom is -0.378 e. The van der Waals surface area contributed by atoms with Crippen LogP contribution in [0.4, 0.5) is 0 Å². The van der Waals surface area contributed by atoms with Crippen molar-refractivity contribution < 1.29 is 0 Å². The molecule has 0 amide bonds. The molecule has 0 spiro atoms. The molecular weight excluding hydrogens is 270 g/mol. The van der Waals surface area contributed by atoms with Gasteiger partial charge in [-0.15, -0.1) is 11.8 Å².